The zero-order valence-corrected chi connectivity index (χ0v) is 16.9. The standard InChI is InChI=1S/C19H16N6O2S2/c1-12-2-4-13(5-3-12)16-10-28-18(20-16)21-17(27)11-29-19-22-23-24-25(19)14-6-8-15(26)9-7-14/h2-10,26H,11H2,1H3,(H,20,21,27). The Morgan fingerprint density at radius 3 is 2.69 bits per heavy atom. The Labute approximate surface area is 174 Å². The van der Waals surface area contributed by atoms with Crippen LogP contribution in [0.4, 0.5) is 5.13 Å². The summed E-state index contributed by atoms with van der Waals surface area (Å²) in [6.07, 6.45) is 0. The quantitative estimate of drug-likeness (QED) is 0.456. The van der Waals surface area contributed by atoms with E-state index in [0.717, 1.165) is 11.3 Å². The molecule has 0 radical (unpaired) electrons. The highest BCUT2D eigenvalue weighted by Crippen LogP contribution is 2.26. The van der Waals surface area contributed by atoms with E-state index in [1.165, 1.54) is 33.3 Å². The van der Waals surface area contributed by atoms with Gasteiger partial charge >= 0.3 is 0 Å². The van der Waals surface area contributed by atoms with Gasteiger partial charge in [0.15, 0.2) is 5.13 Å². The minimum Gasteiger partial charge on any atom is -0.508 e. The summed E-state index contributed by atoms with van der Waals surface area (Å²) in [7, 11) is 0. The number of anilines is 1. The molecule has 2 heterocycles. The fourth-order valence-electron chi connectivity index (χ4n) is 2.50. The van der Waals surface area contributed by atoms with Gasteiger partial charge in [-0.15, -0.1) is 16.4 Å². The van der Waals surface area contributed by atoms with Crippen molar-refractivity contribution in [3.8, 4) is 22.7 Å². The highest BCUT2D eigenvalue weighted by Gasteiger charge is 2.13. The summed E-state index contributed by atoms with van der Waals surface area (Å²) in [6, 6.07) is 14.6. The number of aromatic hydroxyl groups is 1. The molecular weight excluding hydrogens is 408 g/mol. The number of nitrogens with zero attached hydrogens (tertiary/aromatic N) is 5. The third kappa shape index (κ3) is 4.61. The van der Waals surface area contributed by atoms with E-state index in [2.05, 4.69) is 25.8 Å². The maximum atomic E-state index is 12.3. The first-order valence-corrected chi connectivity index (χ1v) is 10.5. The number of hydrogen-bond donors (Lipinski definition) is 2. The van der Waals surface area contributed by atoms with E-state index in [1.807, 2.05) is 36.6 Å². The van der Waals surface area contributed by atoms with Gasteiger partial charge in [0, 0.05) is 10.9 Å². The Kier molecular flexibility index (Phi) is 5.54. The van der Waals surface area contributed by atoms with Crippen LogP contribution in [0.2, 0.25) is 0 Å². The molecule has 0 fully saturated rings. The summed E-state index contributed by atoms with van der Waals surface area (Å²) in [5.74, 6) is 0.0988. The van der Waals surface area contributed by atoms with Gasteiger partial charge in [0.1, 0.15) is 5.75 Å². The zero-order valence-electron chi connectivity index (χ0n) is 15.3. The van der Waals surface area contributed by atoms with Crippen molar-refractivity contribution in [2.75, 3.05) is 11.1 Å². The molecule has 4 aromatic rings. The second kappa shape index (κ2) is 8.41. The van der Waals surface area contributed by atoms with Crippen LogP contribution in [-0.4, -0.2) is 42.0 Å². The van der Waals surface area contributed by atoms with Gasteiger partial charge < -0.3 is 10.4 Å². The van der Waals surface area contributed by atoms with Crippen molar-refractivity contribution in [2.45, 2.75) is 12.1 Å². The monoisotopic (exact) mass is 424 g/mol. The third-order valence-electron chi connectivity index (χ3n) is 3.97. The third-order valence-corrected chi connectivity index (χ3v) is 5.64. The number of aromatic nitrogens is 5. The van der Waals surface area contributed by atoms with Crippen molar-refractivity contribution < 1.29 is 9.90 Å². The summed E-state index contributed by atoms with van der Waals surface area (Å²) in [5, 5.41) is 26.7. The van der Waals surface area contributed by atoms with Gasteiger partial charge in [-0.2, -0.15) is 4.68 Å². The Morgan fingerprint density at radius 1 is 1.17 bits per heavy atom. The van der Waals surface area contributed by atoms with E-state index in [9.17, 15) is 9.90 Å². The number of nitrogens with one attached hydrogen (secondary N) is 1. The van der Waals surface area contributed by atoms with Crippen LogP contribution >= 0.6 is 23.1 Å². The normalized spacial score (nSPS) is 10.8. The second-order valence-corrected chi connectivity index (χ2v) is 7.93. The molecule has 0 saturated carbocycles. The lowest BCUT2D eigenvalue weighted by Crippen LogP contribution is -2.14. The smallest absolute Gasteiger partial charge is 0.236 e. The van der Waals surface area contributed by atoms with Gasteiger partial charge in [0.25, 0.3) is 0 Å². The minimum atomic E-state index is -0.194. The molecule has 146 valence electrons. The van der Waals surface area contributed by atoms with E-state index in [0.29, 0.717) is 16.0 Å². The number of phenolic OH excluding ortho intramolecular Hbond substituents is 1. The predicted molar refractivity (Wildman–Crippen MR) is 112 cm³/mol. The van der Waals surface area contributed by atoms with Crippen molar-refractivity contribution in [2.24, 2.45) is 0 Å². The molecule has 0 atom stereocenters. The topological polar surface area (TPSA) is 106 Å². The van der Waals surface area contributed by atoms with Crippen LogP contribution in [0, 0.1) is 6.92 Å². The lowest BCUT2D eigenvalue weighted by molar-refractivity contribution is -0.113. The van der Waals surface area contributed by atoms with Gasteiger partial charge in [-0.25, -0.2) is 4.98 Å². The van der Waals surface area contributed by atoms with E-state index in [-0.39, 0.29) is 17.4 Å². The van der Waals surface area contributed by atoms with Crippen LogP contribution in [0.25, 0.3) is 16.9 Å². The fraction of sp³-hybridized carbons (Fsp3) is 0.105. The number of tetrazole rings is 1. The van der Waals surface area contributed by atoms with Crippen LogP contribution in [0.3, 0.4) is 0 Å². The largest absolute Gasteiger partial charge is 0.508 e. The van der Waals surface area contributed by atoms with Crippen molar-refractivity contribution in [1.82, 2.24) is 25.2 Å². The van der Waals surface area contributed by atoms with Crippen LogP contribution in [0.15, 0.2) is 59.1 Å². The van der Waals surface area contributed by atoms with Gasteiger partial charge in [0.05, 0.1) is 17.1 Å². The van der Waals surface area contributed by atoms with E-state index >= 15 is 0 Å². The lowest BCUT2D eigenvalue weighted by atomic mass is 10.1. The zero-order chi connectivity index (χ0) is 20.2. The summed E-state index contributed by atoms with van der Waals surface area (Å²) in [5.41, 5.74) is 3.71. The highest BCUT2D eigenvalue weighted by molar-refractivity contribution is 7.99. The molecule has 0 aliphatic carbocycles. The van der Waals surface area contributed by atoms with E-state index in [4.69, 9.17) is 0 Å². The van der Waals surface area contributed by atoms with E-state index < -0.39 is 0 Å². The number of rotatable bonds is 6. The van der Waals surface area contributed by atoms with Gasteiger partial charge in [0.2, 0.25) is 11.1 Å². The molecule has 29 heavy (non-hydrogen) atoms. The highest BCUT2D eigenvalue weighted by atomic mass is 32.2. The van der Waals surface area contributed by atoms with Crippen molar-refractivity contribution >= 4 is 34.1 Å². The molecule has 0 bridgehead atoms. The minimum absolute atomic E-state index is 0.137. The van der Waals surface area contributed by atoms with Gasteiger partial charge in [-0.05, 0) is 41.6 Å². The van der Waals surface area contributed by atoms with Crippen molar-refractivity contribution in [3.05, 3.63) is 59.5 Å². The van der Waals surface area contributed by atoms with Crippen molar-refractivity contribution in [1.29, 1.82) is 0 Å². The van der Waals surface area contributed by atoms with Crippen LogP contribution < -0.4 is 5.32 Å². The molecule has 2 aromatic heterocycles. The molecule has 2 aromatic carbocycles. The molecule has 8 nitrogen and oxygen atoms in total. The summed E-state index contributed by atoms with van der Waals surface area (Å²) < 4.78 is 1.51. The van der Waals surface area contributed by atoms with Crippen LogP contribution in [0.5, 0.6) is 5.75 Å². The molecule has 1 amide bonds. The molecule has 0 saturated heterocycles. The maximum Gasteiger partial charge on any atom is 0.236 e. The first-order chi connectivity index (χ1) is 14.1. The first-order valence-electron chi connectivity index (χ1n) is 8.61. The number of thiazole rings is 1. The SMILES string of the molecule is Cc1ccc(-c2csc(NC(=O)CSc3nnnn3-c3ccc(O)cc3)n2)cc1. The van der Waals surface area contributed by atoms with Gasteiger partial charge in [-0.1, -0.05) is 41.6 Å². The number of phenols is 1. The lowest BCUT2D eigenvalue weighted by Gasteiger charge is -2.04. The molecule has 0 spiro atoms. The number of carbonyl (C=O) groups is 1. The molecule has 4 rings (SSSR count). The second-order valence-electron chi connectivity index (χ2n) is 6.13. The number of thioether (sulfide) groups is 1. The average Bonchev–Trinajstić information content (AvgIpc) is 3.37. The molecule has 0 unspecified atom stereocenters. The predicted octanol–water partition coefficient (Wildman–Crippen LogP) is 3.53. The fourth-order valence-corrected chi connectivity index (χ4v) is 3.92. The van der Waals surface area contributed by atoms with E-state index in [1.54, 1.807) is 24.3 Å². The molecule has 10 heteroatoms. The molecule has 0 aliphatic heterocycles. The van der Waals surface area contributed by atoms with Gasteiger partial charge in [-0.3, -0.25) is 4.79 Å². The van der Waals surface area contributed by atoms with Crippen molar-refractivity contribution in [3.63, 3.8) is 0 Å². The van der Waals surface area contributed by atoms with Crippen LogP contribution in [0.1, 0.15) is 5.56 Å². The Balaban J connectivity index is 1.37. The maximum absolute atomic E-state index is 12.3. The number of aryl methyl sites for hydroxylation is 1. The summed E-state index contributed by atoms with van der Waals surface area (Å²) >= 11 is 2.59. The Hall–Kier alpha value is -3.24. The molecular formula is C19H16N6O2S2. The first kappa shape index (κ1) is 19.1. The number of carbonyl (C=O) groups excluding carboxylic acids is 1. The molecule has 2 N–H and O–H groups in total. The number of amides is 1. The number of hydrogen-bond acceptors (Lipinski definition) is 8. The molecule has 0 aliphatic rings. The Bertz CT molecular complexity index is 1120. The van der Waals surface area contributed by atoms with Crippen LogP contribution in [-0.2, 0) is 4.79 Å². The summed E-state index contributed by atoms with van der Waals surface area (Å²) in [6.45, 7) is 2.03. The average molecular weight is 425 g/mol. The Morgan fingerprint density at radius 2 is 1.93 bits per heavy atom. The number of benzene rings is 2. The summed E-state index contributed by atoms with van der Waals surface area (Å²) in [4.78, 5) is 16.8.